The van der Waals surface area contributed by atoms with Gasteiger partial charge in [-0.25, -0.2) is 0 Å². The summed E-state index contributed by atoms with van der Waals surface area (Å²) in [5.74, 6) is -2.70. The van der Waals surface area contributed by atoms with Crippen molar-refractivity contribution in [1.82, 2.24) is 0 Å². The zero-order valence-electron chi connectivity index (χ0n) is 19.0. The van der Waals surface area contributed by atoms with Gasteiger partial charge in [-0.3, -0.25) is 4.79 Å². The highest BCUT2D eigenvalue weighted by Gasteiger charge is 2.45. The van der Waals surface area contributed by atoms with Crippen LogP contribution in [-0.4, -0.2) is 87.3 Å². The molecular formula is C23H24O13. The number of hydrogen-bond donors (Lipinski definition) is 7. The summed E-state index contributed by atoms with van der Waals surface area (Å²) >= 11 is 0. The van der Waals surface area contributed by atoms with Crippen molar-refractivity contribution in [3.05, 3.63) is 34.5 Å². The maximum Gasteiger partial charge on any atom is 0.239 e. The first kappa shape index (κ1) is 25.3. The minimum atomic E-state index is -1.69. The number of phenols is 3. The van der Waals surface area contributed by atoms with Gasteiger partial charge in [0, 0.05) is 11.6 Å². The van der Waals surface area contributed by atoms with Gasteiger partial charge in [-0.2, -0.15) is 0 Å². The summed E-state index contributed by atoms with van der Waals surface area (Å²) < 4.78 is 26.6. The number of rotatable bonds is 6. The third-order valence-corrected chi connectivity index (χ3v) is 5.79. The second kappa shape index (κ2) is 9.72. The number of benzene rings is 2. The lowest BCUT2D eigenvalue weighted by atomic mass is 9.99. The Morgan fingerprint density at radius 2 is 1.64 bits per heavy atom. The minimum absolute atomic E-state index is 0.128. The minimum Gasteiger partial charge on any atom is -0.504 e. The van der Waals surface area contributed by atoms with Gasteiger partial charge < -0.3 is 59.1 Å². The van der Waals surface area contributed by atoms with Crippen molar-refractivity contribution in [2.45, 2.75) is 30.7 Å². The summed E-state index contributed by atoms with van der Waals surface area (Å²) in [5.41, 5.74) is -0.787. The normalized spacial score (nSPS) is 24.0. The molecule has 0 unspecified atom stereocenters. The van der Waals surface area contributed by atoms with Crippen LogP contribution in [0, 0.1) is 0 Å². The van der Waals surface area contributed by atoms with Crippen molar-refractivity contribution in [2.75, 3.05) is 20.8 Å². The standard InChI is InChI=1S/C23H24O13/c1-32-12-6-11-14(17(28)15(12)26)18(29)22(33-2)21(34-11)8-3-4-10(9(25)5-8)35-23-20(31)19(30)16(27)13(7-24)36-23/h3-6,13,16,19-20,23-28,30-31H,7H2,1-2H3/t13-,16-,19-,20-,23-/m0/s1. The Morgan fingerprint density at radius 3 is 2.25 bits per heavy atom. The molecule has 1 fully saturated rings. The molecule has 13 heteroatoms. The highest BCUT2D eigenvalue weighted by molar-refractivity contribution is 5.91. The maximum atomic E-state index is 13.0. The predicted molar refractivity (Wildman–Crippen MR) is 120 cm³/mol. The molecule has 3 aromatic rings. The number of aliphatic hydroxyl groups is 4. The van der Waals surface area contributed by atoms with E-state index in [1.54, 1.807) is 0 Å². The number of fused-ring (bicyclic) bond motifs is 1. The van der Waals surface area contributed by atoms with E-state index in [4.69, 9.17) is 23.4 Å². The lowest BCUT2D eigenvalue weighted by Crippen LogP contribution is -2.60. The predicted octanol–water partition coefficient (Wildman–Crippen LogP) is -0.227. The Hall–Kier alpha value is -3.75. The smallest absolute Gasteiger partial charge is 0.239 e. The first-order chi connectivity index (χ1) is 17.1. The van der Waals surface area contributed by atoms with Crippen LogP contribution in [0.3, 0.4) is 0 Å². The molecule has 2 heterocycles. The Balaban J connectivity index is 1.74. The van der Waals surface area contributed by atoms with Crippen molar-refractivity contribution < 1.29 is 59.1 Å². The monoisotopic (exact) mass is 508 g/mol. The molecule has 0 spiro atoms. The molecule has 1 aliphatic heterocycles. The van der Waals surface area contributed by atoms with Crippen molar-refractivity contribution in [3.63, 3.8) is 0 Å². The zero-order valence-corrected chi connectivity index (χ0v) is 19.0. The van der Waals surface area contributed by atoms with Crippen LogP contribution in [0.1, 0.15) is 0 Å². The fraction of sp³-hybridized carbons (Fsp3) is 0.348. The van der Waals surface area contributed by atoms with Crippen molar-refractivity contribution in [2.24, 2.45) is 0 Å². The lowest BCUT2D eigenvalue weighted by molar-refractivity contribution is -0.277. The van der Waals surface area contributed by atoms with Gasteiger partial charge >= 0.3 is 0 Å². The number of hydrogen-bond acceptors (Lipinski definition) is 13. The molecule has 7 N–H and O–H groups in total. The quantitative estimate of drug-likeness (QED) is 0.215. The average Bonchev–Trinajstić information content (AvgIpc) is 2.87. The van der Waals surface area contributed by atoms with E-state index < -0.39 is 60.0 Å². The van der Waals surface area contributed by atoms with Gasteiger partial charge in [-0.1, -0.05) is 0 Å². The van der Waals surface area contributed by atoms with E-state index >= 15 is 0 Å². The summed E-state index contributed by atoms with van der Waals surface area (Å²) in [6.45, 7) is -0.658. The third kappa shape index (κ3) is 4.12. The second-order valence-corrected chi connectivity index (χ2v) is 7.94. The summed E-state index contributed by atoms with van der Waals surface area (Å²) in [4.78, 5) is 13.0. The van der Waals surface area contributed by atoms with Crippen LogP contribution in [0.25, 0.3) is 22.3 Å². The summed E-state index contributed by atoms with van der Waals surface area (Å²) in [7, 11) is 2.44. The molecule has 1 aliphatic rings. The molecule has 5 atom stereocenters. The first-order valence-electron chi connectivity index (χ1n) is 10.6. The van der Waals surface area contributed by atoms with E-state index in [0.29, 0.717) is 0 Å². The fourth-order valence-corrected chi connectivity index (χ4v) is 3.86. The highest BCUT2D eigenvalue weighted by atomic mass is 16.7. The topological polar surface area (TPSA) is 209 Å². The van der Waals surface area contributed by atoms with Gasteiger partial charge in [0.2, 0.25) is 23.2 Å². The van der Waals surface area contributed by atoms with Crippen molar-refractivity contribution in [3.8, 4) is 45.8 Å². The van der Waals surface area contributed by atoms with Crippen LogP contribution in [0.15, 0.2) is 33.5 Å². The van der Waals surface area contributed by atoms with E-state index in [1.165, 1.54) is 32.4 Å². The van der Waals surface area contributed by atoms with Crippen LogP contribution in [-0.2, 0) is 4.74 Å². The molecule has 0 aliphatic carbocycles. The number of aliphatic hydroxyl groups excluding tert-OH is 4. The molecule has 0 amide bonds. The van der Waals surface area contributed by atoms with Gasteiger partial charge in [0.15, 0.2) is 28.8 Å². The maximum absolute atomic E-state index is 13.0. The van der Waals surface area contributed by atoms with E-state index in [-0.39, 0.29) is 39.5 Å². The Bertz CT molecular complexity index is 1330. The number of aromatic hydroxyl groups is 3. The Labute approximate surface area is 202 Å². The second-order valence-electron chi connectivity index (χ2n) is 7.94. The number of phenolic OH excluding ortho intramolecular Hbond substituents is 3. The average molecular weight is 508 g/mol. The van der Waals surface area contributed by atoms with Crippen molar-refractivity contribution >= 4 is 11.0 Å². The van der Waals surface area contributed by atoms with Crippen LogP contribution < -0.4 is 19.6 Å². The molecule has 1 saturated heterocycles. The molecule has 0 saturated carbocycles. The van der Waals surface area contributed by atoms with Crippen molar-refractivity contribution in [1.29, 1.82) is 0 Å². The van der Waals surface area contributed by atoms with E-state index in [1.807, 2.05) is 0 Å². The third-order valence-electron chi connectivity index (χ3n) is 5.79. The largest absolute Gasteiger partial charge is 0.504 e. The lowest BCUT2D eigenvalue weighted by Gasteiger charge is -2.39. The molecule has 0 bridgehead atoms. The van der Waals surface area contributed by atoms with E-state index in [2.05, 4.69) is 0 Å². The van der Waals surface area contributed by atoms with Gasteiger partial charge in [0.1, 0.15) is 35.4 Å². The molecule has 0 radical (unpaired) electrons. The van der Waals surface area contributed by atoms with Crippen LogP contribution in [0.4, 0.5) is 0 Å². The van der Waals surface area contributed by atoms with Crippen LogP contribution in [0.2, 0.25) is 0 Å². The summed E-state index contributed by atoms with van der Waals surface area (Å²) in [6.07, 6.45) is -7.69. The summed E-state index contributed by atoms with van der Waals surface area (Å²) in [5, 5.41) is 69.8. The zero-order chi connectivity index (χ0) is 26.3. The number of methoxy groups -OCH3 is 2. The Morgan fingerprint density at radius 1 is 0.917 bits per heavy atom. The fourth-order valence-electron chi connectivity index (χ4n) is 3.86. The van der Waals surface area contributed by atoms with Gasteiger partial charge in [0.05, 0.1) is 20.8 Å². The van der Waals surface area contributed by atoms with E-state index in [9.17, 15) is 40.5 Å². The SMILES string of the molecule is COc1cc2oc(-c3ccc(O[C@H]4O[C@@H](CO)[C@H](O)[C@H](O)[C@@H]4O)c(O)c3)c(OC)c(=O)c2c(O)c1O. The molecule has 4 rings (SSSR count). The molecule has 36 heavy (non-hydrogen) atoms. The highest BCUT2D eigenvalue weighted by Crippen LogP contribution is 2.44. The van der Waals surface area contributed by atoms with Crippen LogP contribution in [0.5, 0.6) is 34.5 Å². The molecule has 194 valence electrons. The van der Waals surface area contributed by atoms with Gasteiger partial charge in [-0.15, -0.1) is 0 Å². The molecule has 1 aromatic heterocycles. The van der Waals surface area contributed by atoms with Gasteiger partial charge in [-0.05, 0) is 18.2 Å². The molecule has 2 aromatic carbocycles. The Kier molecular flexibility index (Phi) is 6.84. The van der Waals surface area contributed by atoms with Crippen LogP contribution >= 0.6 is 0 Å². The van der Waals surface area contributed by atoms with Gasteiger partial charge in [0.25, 0.3) is 0 Å². The molecular weight excluding hydrogens is 484 g/mol. The molecule has 13 nitrogen and oxygen atoms in total. The number of ether oxygens (including phenoxy) is 4. The van der Waals surface area contributed by atoms with E-state index in [0.717, 1.165) is 6.07 Å². The first-order valence-corrected chi connectivity index (χ1v) is 10.6. The summed E-state index contributed by atoms with van der Waals surface area (Å²) in [6, 6.07) is 4.99.